The van der Waals surface area contributed by atoms with Gasteiger partial charge in [-0.2, -0.15) is 0 Å². The van der Waals surface area contributed by atoms with Crippen molar-refractivity contribution in [3.63, 3.8) is 0 Å². The van der Waals surface area contributed by atoms with Crippen molar-refractivity contribution in [2.45, 2.75) is 19.3 Å². The number of fused-ring (bicyclic) bond motifs is 1. The van der Waals surface area contributed by atoms with Crippen molar-refractivity contribution in [3.8, 4) is 0 Å². The van der Waals surface area contributed by atoms with Crippen LogP contribution in [0.4, 0.5) is 5.69 Å². The molecule has 1 heterocycles. The van der Waals surface area contributed by atoms with Crippen LogP contribution < -0.4 is 10.2 Å². The van der Waals surface area contributed by atoms with Crippen LogP contribution in [0.25, 0.3) is 0 Å². The summed E-state index contributed by atoms with van der Waals surface area (Å²) in [6, 6.07) is 7.00. The van der Waals surface area contributed by atoms with Crippen LogP contribution in [-0.4, -0.2) is 44.8 Å². The first-order chi connectivity index (χ1) is 8.83. The van der Waals surface area contributed by atoms with E-state index in [0.717, 1.165) is 32.8 Å². The van der Waals surface area contributed by atoms with E-state index in [2.05, 4.69) is 40.4 Å². The lowest BCUT2D eigenvalue weighted by molar-refractivity contribution is 0.243. The highest BCUT2D eigenvalue weighted by Crippen LogP contribution is 2.26. The lowest BCUT2D eigenvalue weighted by Crippen LogP contribution is -2.47. The predicted octanol–water partition coefficient (Wildman–Crippen LogP) is 1.47. The number of piperazine rings is 1. The third-order valence-electron chi connectivity index (χ3n) is 4.14. The fourth-order valence-electron chi connectivity index (χ4n) is 3.03. The zero-order valence-electron chi connectivity index (χ0n) is 11.3. The minimum absolute atomic E-state index is 1.04. The number of nitrogens with one attached hydrogen (secondary N) is 1. The molecular weight excluding hydrogens is 222 g/mol. The molecule has 0 saturated carbocycles. The summed E-state index contributed by atoms with van der Waals surface area (Å²) in [4.78, 5) is 4.90. The van der Waals surface area contributed by atoms with Crippen molar-refractivity contribution in [2.24, 2.45) is 0 Å². The van der Waals surface area contributed by atoms with Crippen LogP contribution in [-0.2, 0) is 12.8 Å². The minimum atomic E-state index is 1.04. The monoisotopic (exact) mass is 245 g/mol. The highest BCUT2D eigenvalue weighted by molar-refractivity contribution is 5.51. The molecule has 18 heavy (non-hydrogen) atoms. The van der Waals surface area contributed by atoms with Crippen molar-refractivity contribution in [2.75, 3.05) is 44.8 Å². The predicted molar refractivity (Wildman–Crippen MR) is 76.2 cm³/mol. The highest BCUT2D eigenvalue weighted by atomic mass is 15.3. The van der Waals surface area contributed by atoms with E-state index in [1.54, 1.807) is 11.1 Å². The van der Waals surface area contributed by atoms with Gasteiger partial charge in [0.25, 0.3) is 0 Å². The second-order valence-corrected chi connectivity index (χ2v) is 5.51. The van der Waals surface area contributed by atoms with Crippen LogP contribution in [0.5, 0.6) is 0 Å². The molecule has 1 aromatic carbocycles. The second-order valence-electron chi connectivity index (χ2n) is 5.51. The molecule has 0 aromatic heterocycles. The highest BCUT2D eigenvalue weighted by Gasteiger charge is 2.15. The van der Waals surface area contributed by atoms with Crippen LogP contribution in [0.3, 0.4) is 0 Å². The van der Waals surface area contributed by atoms with E-state index < -0.39 is 0 Å². The Morgan fingerprint density at radius 2 is 1.94 bits per heavy atom. The lowest BCUT2D eigenvalue weighted by atomic mass is 10.1. The normalized spacial score (nSPS) is 19.8. The zero-order chi connectivity index (χ0) is 12.4. The summed E-state index contributed by atoms with van der Waals surface area (Å²) >= 11 is 0. The fourth-order valence-corrected chi connectivity index (χ4v) is 3.03. The molecule has 2 aliphatic rings. The molecule has 1 saturated heterocycles. The Labute approximate surface area is 110 Å². The Bertz CT molecular complexity index is 410. The average molecular weight is 245 g/mol. The number of benzene rings is 1. The smallest absolute Gasteiger partial charge is 0.0704 e. The van der Waals surface area contributed by atoms with Gasteiger partial charge >= 0.3 is 0 Å². The molecule has 3 rings (SSSR count). The van der Waals surface area contributed by atoms with Gasteiger partial charge in [0.2, 0.25) is 0 Å². The van der Waals surface area contributed by atoms with E-state index in [0.29, 0.717) is 0 Å². The first kappa shape index (κ1) is 12.0. The van der Waals surface area contributed by atoms with Crippen molar-refractivity contribution < 1.29 is 0 Å². The number of rotatable bonds is 3. The van der Waals surface area contributed by atoms with Gasteiger partial charge in [0, 0.05) is 38.9 Å². The quantitative estimate of drug-likeness (QED) is 0.870. The van der Waals surface area contributed by atoms with E-state index in [1.807, 2.05) is 0 Å². The van der Waals surface area contributed by atoms with Gasteiger partial charge in [-0.15, -0.1) is 0 Å². The Morgan fingerprint density at radius 3 is 2.78 bits per heavy atom. The third kappa shape index (κ3) is 2.52. The number of aryl methyl sites for hydroxylation is 2. The molecule has 1 N–H and O–H groups in total. The SMILES string of the molecule is CN(CN1CCNCC1)c1ccc2c(c1)CCC2. The van der Waals surface area contributed by atoms with Gasteiger partial charge in [0.1, 0.15) is 0 Å². The summed E-state index contributed by atoms with van der Waals surface area (Å²) in [6.45, 7) is 5.61. The molecular formula is C15H23N3. The van der Waals surface area contributed by atoms with E-state index in [1.165, 1.54) is 24.9 Å². The Hall–Kier alpha value is -1.06. The molecule has 3 nitrogen and oxygen atoms in total. The Balaban J connectivity index is 1.66. The van der Waals surface area contributed by atoms with Gasteiger partial charge in [-0.3, -0.25) is 4.90 Å². The van der Waals surface area contributed by atoms with Crippen molar-refractivity contribution in [3.05, 3.63) is 29.3 Å². The van der Waals surface area contributed by atoms with Gasteiger partial charge in [-0.1, -0.05) is 6.07 Å². The van der Waals surface area contributed by atoms with Crippen LogP contribution in [0.15, 0.2) is 18.2 Å². The van der Waals surface area contributed by atoms with Crippen molar-refractivity contribution >= 4 is 5.69 Å². The van der Waals surface area contributed by atoms with E-state index in [-0.39, 0.29) is 0 Å². The van der Waals surface area contributed by atoms with Gasteiger partial charge in [0.15, 0.2) is 0 Å². The number of nitrogens with zero attached hydrogens (tertiary/aromatic N) is 2. The largest absolute Gasteiger partial charge is 0.362 e. The summed E-state index contributed by atoms with van der Waals surface area (Å²) in [5.74, 6) is 0. The van der Waals surface area contributed by atoms with E-state index in [9.17, 15) is 0 Å². The van der Waals surface area contributed by atoms with Crippen LogP contribution in [0.1, 0.15) is 17.5 Å². The first-order valence-corrected chi connectivity index (χ1v) is 7.09. The van der Waals surface area contributed by atoms with Crippen molar-refractivity contribution in [1.82, 2.24) is 10.2 Å². The Morgan fingerprint density at radius 1 is 1.17 bits per heavy atom. The first-order valence-electron chi connectivity index (χ1n) is 7.09. The van der Waals surface area contributed by atoms with E-state index in [4.69, 9.17) is 0 Å². The third-order valence-corrected chi connectivity index (χ3v) is 4.14. The maximum absolute atomic E-state index is 3.40. The zero-order valence-corrected chi connectivity index (χ0v) is 11.3. The fraction of sp³-hybridized carbons (Fsp3) is 0.600. The molecule has 3 heteroatoms. The molecule has 0 atom stereocenters. The standard InChI is InChI=1S/C15H23N3/c1-17(12-18-9-7-16-8-10-18)15-6-5-13-3-2-4-14(13)11-15/h5-6,11,16H,2-4,7-10,12H2,1H3. The maximum atomic E-state index is 3.40. The summed E-state index contributed by atoms with van der Waals surface area (Å²) in [6.07, 6.45) is 3.88. The Kier molecular flexibility index (Phi) is 3.52. The summed E-state index contributed by atoms with van der Waals surface area (Å²) in [7, 11) is 2.21. The molecule has 0 radical (unpaired) electrons. The summed E-state index contributed by atoms with van der Waals surface area (Å²) in [5.41, 5.74) is 4.50. The molecule has 0 spiro atoms. The van der Waals surface area contributed by atoms with Crippen LogP contribution in [0.2, 0.25) is 0 Å². The molecule has 1 aliphatic carbocycles. The maximum Gasteiger partial charge on any atom is 0.0704 e. The van der Waals surface area contributed by atoms with E-state index >= 15 is 0 Å². The van der Waals surface area contributed by atoms with Gasteiger partial charge < -0.3 is 10.2 Å². The number of hydrogen-bond acceptors (Lipinski definition) is 3. The second kappa shape index (κ2) is 5.29. The molecule has 0 unspecified atom stereocenters. The summed E-state index contributed by atoms with van der Waals surface area (Å²) in [5, 5.41) is 3.40. The summed E-state index contributed by atoms with van der Waals surface area (Å²) < 4.78 is 0. The van der Waals surface area contributed by atoms with Crippen LogP contribution in [0, 0.1) is 0 Å². The molecule has 1 aliphatic heterocycles. The molecule has 0 bridgehead atoms. The molecule has 1 aromatic rings. The van der Waals surface area contributed by atoms with Crippen molar-refractivity contribution in [1.29, 1.82) is 0 Å². The van der Waals surface area contributed by atoms with Gasteiger partial charge in [-0.25, -0.2) is 0 Å². The number of hydrogen-bond donors (Lipinski definition) is 1. The van der Waals surface area contributed by atoms with Crippen LogP contribution >= 0.6 is 0 Å². The molecule has 0 amide bonds. The topological polar surface area (TPSA) is 18.5 Å². The minimum Gasteiger partial charge on any atom is -0.362 e. The lowest BCUT2D eigenvalue weighted by Gasteiger charge is -2.32. The molecule has 98 valence electrons. The average Bonchev–Trinajstić information content (AvgIpc) is 2.87. The molecule has 1 fully saturated rings. The van der Waals surface area contributed by atoms with Gasteiger partial charge in [0.05, 0.1) is 6.67 Å². The van der Waals surface area contributed by atoms with Gasteiger partial charge in [-0.05, 0) is 42.5 Å². The number of anilines is 1.